The number of hydrogen-bond donors (Lipinski definition) is 2. The van der Waals surface area contributed by atoms with Gasteiger partial charge < -0.3 is 5.32 Å². The number of aromatic nitrogens is 2. The zero-order valence-electron chi connectivity index (χ0n) is 16.9. The number of carbonyl (C=O) groups is 2. The van der Waals surface area contributed by atoms with E-state index in [0.717, 1.165) is 25.7 Å². The number of imide groups is 1. The first kappa shape index (κ1) is 21.4. The minimum absolute atomic E-state index is 0.0160. The van der Waals surface area contributed by atoms with Crippen LogP contribution >= 0.6 is 11.8 Å². The number of urea groups is 1. The highest BCUT2D eigenvalue weighted by atomic mass is 32.2. The summed E-state index contributed by atoms with van der Waals surface area (Å²) in [6.07, 6.45) is 5.11. The second kappa shape index (κ2) is 9.91. The van der Waals surface area contributed by atoms with Crippen molar-refractivity contribution in [3.05, 3.63) is 34.6 Å². The Bertz CT molecular complexity index is 943. The van der Waals surface area contributed by atoms with Crippen molar-refractivity contribution in [3.63, 3.8) is 0 Å². The van der Waals surface area contributed by atoms with Crippen molar-refractivity contribution < 1.29 is 9.59 Å². The summed E-state index contributed by atoms with van der Waals surface area (Å²) in [7, 11) is 0. The maximum atomic E-state index is 12.8. The zero-order chi connectivity index (χ0) is 20.8. The Morgan fingerprint density at radius 2 is 2.00 bits per heavy atom. The molecule has 1 aliphatic carbocycles. The summed E-state index contributed by atoms with van der Waals surface area (Å²) in [5.74, 6) is 0.0351. The molecule has 29 heavy (non-hydrogen) atoms. The van der Waals surface area contributed by atoms with Crippen LogP contribution in [0.2, 0.25) is 0 Å². The predicted octanol–water partition coefficient (Wildman–Crippen LogP) is 3.30. The number of fused-ring (bicyclic) bond motifs is 1. The van der Waals surface area contributed by atoms with Crippen LogP contribution in [0.3, 0.4) is 0 Å². The molecule has 1 aromatic heterocycles. The molecule has 0 unspecified atom stereocenters. The molecule has 0 saturated heterocycles. The van der Waals surface area contributed by atoms with Crippen LogP contribution in [0.4, 0.5) is 4.79 Å². The van der Waals surface area contributed by atoms with E-state index >= 15 is 0 Å². The summed E-state index contributed by atoms with van der Waals surface area (Å²) in [5, 5.41) is 6.37. The van der Waals surface area contributed by atoms with Crippen molar-refractivity contribution in [2.24, 2.45) is 5.92 Å². The summed E-state index contributed by atoms with van der Waals surface area (Å²) in [4.78, 5) is 41.7. The first-order chi connectivity index (χ1) is 14.0. The molecule has 1 fully saturated rings. The fourth-order valence-electron chi connectivity index (χ4n) is 3.71. The molecule has 8 heteroatoms. The molecule has 1 saturated carbocycles. The van der Waals surface area contributed by atoms with Crippen LogP contribution in [-0.2, 0) is 11.3 Å². The van der Waals surface area contributed by atoms with Crippen LogP contribution in [0, 0.1) is 5.92 Å². The monoisotopic (exact) mass is 416 g/mol. The fraction of sp³-hybridized carbons (Fsp3) is 0.524. The van der Waals surface area contributed by atoms with Gasteiger partial charge in [0, 0.05) is 12.6 Å². The third kappa shape index (κ3) is 5.38. The van der Waals surface area contributed by atoms with E-state index in [1.54, 1.807) is 16.7 Å². The topological polar surface area (TPSA) is 93.1 Å². The quantitative estimate of drug-likeness (QED) is 0.557. The molecule has 2 N–H and O–H groups in total. The van der Waals surface area contributed by atoms with Crippen LogP contribution < -0.4 is 16.2 Å². The van der Waals surface area contributed by atoms with E-state index in [4.69, 9.17) is 0 Å². The number of amides is 3. The van der Waals surface area contributed by atoms with Gasteiger partial charge in [-0.2, -0.15) is 0 Å². The number of thioether (sulfide) groups is 1. The number of nitrogens with one attached hydrogen (secondary N) is 2. The van der Waals surface area contributed by atoms with E-state index < -0.39 is 11.9 Å². The van der Waals surface area contributed by atoms with Gasteiger partial charge in [0.25, 0.3) is 5.56 Å². The average molecular weight is 417 g/mol. The highest BCUT2D eigenvalue weighted by molar-refractivity contribution is 7.99. The molecule has 0 bridgehead atoms. The second-order valence-electron chi connectivity index (χ2n) is 7.55. The van der Waals surface area contributed by atoms with Crippen LogP contribution in [0.25, 0.3) is 10.9 Å². The van der Waals surface area contributed by atoms with Crippen LogP contribution in [-0.4, -0.2) is 33.3 Å². The molecule has 156 valence electrons. The molecular weight excluding hydrogens is 388 g/mol. The molecule has 1 aliphatic rings. The molecule has 2 atom stereocenters. The van der Waals surface area contributed by atoms with Gasteiger partial charge in [0.05, 0.1) is 16.7 Å². The summed E-state index contributed by atoms with van der Waals surface area (Å²) in [6.45, 7) is 4.64. The van der Waals surface area contributed by atoms with Crippen LogP contribution in [0.15, 0.2) is 34.2 Å². The van der Waals surface area contributed by atoms with Crippen molar-refractivity contribution in [1.29, 1.82) is 0 Å². The Labute approximate surface area is 174 Å². The molecular formula is C21H28N4O3S. The number of nitrogens with zero attached hydrogens (tertiary/aromatic N) is 2. The molecule has 3 rings (SSSR count). The summed E-state index contributed by atoms with van der Waals surface area (Å²) in [6, 6.07) is 6.85. The van der Waals surface area contributed by atoms with Crippen molar-refractivity contribution in [2.75, 3.05) is 5.75 Å². The predicted molar refractivity (Wildman–Crippen MR) is 115 cm³/mol. The third-order valence-electron chi connectivity index (χ3n) is 5.29. The standard InChI is InChI=1S/C21H28N4O3S/c1-3-12-25-19(27)15-9-5-7-11-17(15)23-21(25)29-13-18(26)24-20(28)22-16-10-6-4-8-14(16)2/h5,7,9,11,14,16H,3-4,6,8,10,12-13H2,1-2H3,(H2,22,24,26,28)/t14-,16+/m0/s1. The first-order valence-electron chi connectivity index (χ1n) is 10.2. The first-order valence-corrected chi connectivity index (χ1v) is 11.2. The van der Waals surface area contributed by atoms with Gasteiger partial charge in [0.2, 0.25) is 5.91 Å². The number of hydrogen-bond acceptors (Lipinski definition) is 5. The Morgan fingerprint density at radius 3 is 2.76 bits per heavy atom. The molecule has 2 aromatic rings. The van der Waals surface area contributed by atoms with Gasteiger partial charge in [-0.3, -0.25) is 19.5 Å². The van der Waals surface area contributed by atoms with Crippen molar-refractivity contribution >= 4 is 34.6 Å². The van der Waals surface area contributed by atoms with E-state index in [0.29, 0.717) is 28.5 Å². The van der Waals surface area contributed by atoms with E-state index in [9.17, 15) is 14.4 Å². The lowest BCUT2D eigenvalue weighted by Gasteiger charge is -2.29. The Morgan fingerprint density at radius 1 is 1.24 bits per heavy atom. The van der Waals surface area contributed by atoms with Crippen molar-refractivity contribution in [3.8, 4) is 0 Å². The average Bonchev–Trinajstić information content (AvgIpc) is 2.70. The van der Waals surface area contributed by atoms with E-state index in [1.165, 1.54) is 18.2 Å². The van der Waals surface area contributed by atoms with E-state index in [2.05, 4.69) is 22.5 Å². The number of benzene rings is 1. The summed E-state index contributed by atoms with van der Waals surface area (Å²) < 4.78 is 1.60. The highest BCUT2D eigenvalue weighted by Gasteiger charge is 2.23. The summed E-state index contributed by atoms with van der Waals surface area (Å²) in [5.41, 5.74) is 0.501. The minimum atomic E-state index is -0.452. The highest BCUT2D eigenvalue weighted by Crippen LogP contribution is 2.23. The van der Waals surface area contributed by atoms with Crippen molar-refractivity contribution in [1.82, 2.24) is 20.2 Å². The van der Waals surface area contributed by atoms with E-state index in [-0.39, 0.29) is 17.4 Å². The van der Waals surface area contributed by atoms with Crippen LogP contribution in [0.5, 0.6) is 0 Å². The Hall–Kier alpha value is -2.35. The van der Waals surface area contributed by atoms with Crippen LogP contribution in [0.1, 0.15) is 46.0 Å². The molecule has 3 amide bonds. The lowest BCUT2D eigenvalue weighted by atomic mass is 9.86. The normalized spacial score (nSPS) is 19.1. The molecule has 0 spiro atoms. The maximum absolute atomic E-state index is 12.8. The second-order valence-corrected chi connectivity index (χ2v) is 8.49. The fourth-order valence-corrected chi connectivity index (χ4v) is 4.53. The SMILES string of the molecule is CCCn1c(SCC(=O)NC(=O)N[C@@H]2CCCC[C@@H]2C)nc2ccccc2c1=O. The minimum Gasteiger partial charge on any atom is -0.335 e. The lowest BCUT2D eigenvalue weighted by molar-refractivity contribution is -0.117. The molecule has 1 aromatic carbocycles. The number of rotatable bonds is 6. The van der Waals surface area contributed by atoms with E-state index in [1.807, 2.05) is 19.1 Å². The number of carbonyl (C=O) groups excluding carboxylic acids is 2. The lowest BCUT2D eigenvalue weighted by Crippen LogP contribution is -2.48. The van der Waals surface area contributed by atoms with Gasteiger partial charge in [-0.1, -0.05) is 50.6 Å². The smallest absolute Gasteiger partial charge is 0.321 e. The largest absolute Gasteiger partial charge is 0.335 e. The van der Waals surface area contributed by atoms with Gasteiger partial charge in [0.15, 0.2) is 5.16 Å². The van der Waals surface area contributed by atoms with Gasteiger partial charge >= 0.3 is 6.03 Å². The Balaban J connectivity index is 1.63. The zero-order valence-corrected chi connectivity index (χ0v) is 17.8. The van der Waals surface area contributed by atoms with Gasteiger partial charge in [-0.25, -0.2) is 9.78 Å². The number of para-hydroxylation sites is 1. The van der Waals surface area contributed by atoms with Gasteiger partial charge in [-0.05, 0) is 37.3 Å². The summed E-state index contributed by atoms with van der Waals surface area (Å²) >= 11 is 1.17. The molecule has 7 nitrogen and oxygen atoms in total. The molecule has 1 heterocycles. The maximum Gasteiger partial charge on any atom is 0.321 e. The van der Waals surface area contributed by atoms with Gasteiger partial charge in [-0.15, -0.1) is 0 Å². The molecule has 0 aliphatic heterocycles. The van der Waals surface area contributed by atoms with Gasteiger partial charge in [0.1, 0.15) is 0 Å². The third-order valence-corrected chi connectivity index (χ3v) is 6.26. The molecule has 0 radical (unpaired) electrons. The van der Waals surface area contributed by atoms with Crippen molar-refractivity contribution in [2.45, 2.75) is 63.7 Å². The Kier molecular flexibility index (Phi) is 7.30.